The number of hydrogen-bond acceptors (Lipinski definition) is 2. The van der Waals surface area contributed by atoms with Crippen LogP contribution in [0.4, 0.5) is 0 Å². The minimum absolute atomic E-state index is 0.0592. The number of nitrogens with zero attached hydrogens (tertiary/aromatic N) is 1. The molecule has 0 N–H and O–H groups in total. The summed E-state index contributed by atoms with van der Waals surface area (Å²) in [6.07, 6.45) is 4.33. The van der Waals surface area contributed by atoms with E-state index in [0.717, 1.165) is 32.4 Å². The first-order valence-electron chi connectivity index (χ1n) is 5.86. The topological polar surface area (TPSA) is 20.3 Å². The summed E-state index contributed by atoms with van der Waals surface area (Å²) in [4.78, 5) is 14.9. The van der Waals surface area contributed by atoms with E-state index in [1.54, 1.807) is 0 Å². The van der Waals surface area contributed by atoms with Gasteiger partial charge < -0.3 is 4.90 Å². The highest BCUT2D eigenvalue weighted by Crippen LogP contribution is 2.34. The Kier molecular flexibility index (Phi) is 5.14. The van der Waals surface area contributed by atoms with Crippen LogP contribution in [0.1, 0.15) is 35.4 Å². The molecule has 0 aromatic carbocycles. The number of halogens is 3. The molecule has 1 aromatic rings. The second-order valence-corrected chi connectivity index (χ2v) is 8.30. The lowest BCUT2D eigenvalue weighted by Gasteiger charge is -2.34. The molecule has 0 aliphatic heterocycles. The van der Waals surface area contributed by atoms with Crippen molar-refractivity contribution in [3.05, 3.63) is 19.2 Å². The summed E-state index contributed by atoms with van der Waals surface area (Å²) in [5.41, 5.74) is 0. The monoisotopic (exact) mass is 413 g/mol. The van der Waals surface area contributed by atoms with Crippen molar-refractivity contribution in [2.24, 2.45) is 0 Å². The minimum Gasteiger partial charge on any atom is -0.337 e. The van der Waals surface area contributed by atoms with Gasteiger partial charge in [-0.1, -0.05) is 12.8 Å². The number of hydrogen-bond donors (Lipinski definition) is 0. The summed E-state index contributed by atoms with van der Waals surface area (Å²) in [5, 5.41) is 0.0829. The van der Waals surface area contributed by atoms with Crippen molar-refractivity contribution < 1.29 is 4.79 Å². The van der Waals surface area contributed by atoms with Crippen LogP contribution in [0.25, 0.3) is 0 Å². The van der Waals surface area contributed by atoms with Crippen LogP contribution in [-0.4, -0.2) is 29.3 Å². The largest absolute Gasteiger partial charge is 0.337 e. The highest BCUT2D eigenvalue weighted by Gasteiger charge is 2.30. The Morgan fingerprint density at radius 1 is 1.44 bits per heavy atom. The summed E-state index contributed by atoms with van der Waals surface area (Å²) in [7, 11) is 1.86. The molecular weight excluding hydrogens is 401 g/mol. The van der Waals surface area contributed by atoms with Crippen molar-refractivity contribution in [3.63, 3.8) is 0 Å². The van der Waals surface area contributed by atoms with Gasteiger partial charge in [0.05, 0.1) is 14.0 Å². The Labute approximate surface area is 133 Å². The lowest BCUT2D eigenvalue weighted by Crippen LogP contribution is -2.44. The third-order valence-corrected chi connectivity index (χ3v) is 7.07. The molecule has 0 saturated heterocycles. The van der Waals surface area contributed by atoms with Gasteiger partial charge in [-0.25, -0.2) is 0 Å². The van der Waals surface area contributed by atoms with Gasteiger partial charge in [-0.3, -0.25) is 4.79 Å². The van der Waals surface area contributed by atoms with Crippen LogP contribution < -0.4 is 0 Å². The van der Waals surface area contributed by atoms with E-state index in [2.05, 4.69) is 31.9 Å². The molecule has 6 heteroatoms. The molecule has 100 valence electrons. The van der Waals surface area contributed by atoms with Crippen molar-refractivity contribution in [1.82, 2.24) is 4.90 Å². The summed E-state index contributed by atoms with van der Waals surface area (Å²) >= 11 is 14.6. The third-order valence-electron chi connectivity index (χ3n) is 3.32. The molecule has 0 radical (unpaired) electrons. The third kappa shape index (κ3) is 3.11. The SMILES string of the molecule is CN(C(=O)c1cc(Br)c(Br)s1)C1CCCCC1Cl. The number of carbonyl (C=O) groups is 1. The predicted molar refractivity (Wildman–Crippen MR) is 83.7 cm³/mol. The lowest BCUT2D eigenvalue weighted by atomic mass is 9.94. The van der Waals surface area contributed by atoms with Crippen LogP contribution in [-0.2, 0) is 0 Å². The Morgan fingerprint density at radius 3 is 2.67 bits per heavy atom. The average molecular weight is 416 g/mol. The first kappa shape index (κ1) is 14.8. The molecule has 1 heterocycles. The van der Waals surface area contributed by atoms with Crippen molar-refractivity contribution in [3.8, 4) is 0 Å². The van der Waals surface area contributed by atoms with E-state index in [9.17, 15) is 4.79 Å². The van der Waals surface area contributed by atoms with Crippen molar-refractivity contribution in [1.29, 1.82) is 0 Å². The van der Waals surface area contributed by atoms with Crippen LogP contribution in [0.3, 0.4) is 0 Å². The Morgan fingerprint density at radius 2 is 2.11 bits per heavy atom. The maximum absolute atomic E-state index is 12.4. The minimum atomic E-state index is 0.0592. The Hall–Kier alpha value is 0.420. The molecule has 1 saturated carbocycles. The zero-order valence-electron chi connectivity index (χ0n) is 9.96. The lowest BCUT2D eigenvalue weighted by molar-refractivity contribution is 0.0705. The number of carbonyl (C=O) groups excluding carboxylic acids is 1. The quantitative estimate of drug-likeness (QED) is 0.630. The smallest absolute Gasteiger partial charge is 0.264 e. The number of rotatable bonds is 2. The normalized spacial score (nSPS) is 24.0. The van der Waals surface area contributed by atoms with Crippen molar-refractivity contribution >= 4 is 60.7 Å². The second-order valence-electron chi connectivity index (χ2n) is 4.52. The van der Waals surface area contributed by atoms with Crippen LogP contribution in [0, 0.1) is 0 Å². The fourth-order valence-corrected chi connectivity index (χ4v) is 4.75. The molecule has 2 rings (SSSR count). The first-order valence-corrected chi connectivity index (χ1v) is 8.70. The van der Waals surface area contributed by atoms with E-state index in [1.807, 2.05) is 18.0 Å². The van der Waals surface area contributed by atoms with Crippen LogP contribution in [0.15, 0.2) is 14.3 Å². The van der Waals surface area contributed by atoms with Gasteiger partial charge in [0.25, 0.3) is 5.91 Å². The zero-order valence-corrected chi connectivity index (χ0v) is 14.7. The average Bonchev–Trinajstić information content (AvgIpc) is 2.68. The summed E-state index contributed by atoms with van der Waals surface area (Å²) in [6, 6.07) is 2.02. The fraction of sp³-hybridized carbons (Fsp3) is 0.583. The zero-order chi connectivity index (χ0) is 13.3. The number of amides is 1. The van der Waals surface area contributed by atoms with E-state index < -0.39 is 0 Å². The van der Waals surface area contributed by atoms with E-state index in [4.69, 9.17) is 11.6 Å². The van der Waals surface area contributed by atoms with E-state index in [-0.39, 0.29) is 17.3 Å². The maximum Gasteiger partial charge on any atom is 0.264 e. The fourth-order valence-electron chi connectivity index (χ4n) is 2.28. The molecule has 2 nitrogen and oxygen atoms in total. The van der Waals surface area contributed by atoms with Gasteiger partial charge in [-0.05, 0) is 50.8 Å². The van der Waals surface area contributed by atoms with Gasteiger partial charge in [-0.2, -0.15) is 0 Å². The van der Waals surface area contributed by atoms with E-state index in [1.165, 1.54) is 17.8 Å². The number of alkyl halides is 1. The number of thiophene rings is 1. The van der Waals surface area contributed by atoms with Crippen LogP contribution >= 0.6 is 54.8 Å². The molecule has 1 fully saturated rings. The Balaban J connectivity index is 2.12. The van der Waals surface area contributed by atoms with Crippen LogP contribution in [0.2, 0.25) is 0 Å². The van der Waals surface area contributed by atoms with E-state index in [0.29, 0.717) is 0 Å². The molecule has 1 amide bonds. The van der Waals surface area contributed by atoms with E-state index >= 15 is 0 Å². The van der Waals surface area contributed by atoms with Gasteiger partial charge in [0.15, 0.2) is 0 Å². The van der Waals surface area contributed by atoms with Crippen molar-refractivity contribution in [2.45, 2.75) is 37.1 Å². The second kappa shape index (κ2) is 6.25. The molecule has 2 atom stereocenters. The molecule has 2 unspecified atom stereocenters. The van der Waals surface area contributed by atoms with Gasteiger partial charge in [0, 0.05) is 17.6 Å². The molecule has 1 aliphatic carbocycles. The Bertz CT molecular complexity index is 432. The molecule has 1 aromatic heterocycles. The van der Waals surface area contributed by atoms with Crippen molar-refractivity contribution in [2.75, 3.05) is 7.05 Å². The molecular formula is C12H14Br2ClNOS. The maximum atomic E-state index is 12.4. The predicted octanol–water partition coefficient (Wildman–Crippen LogP) is 4.90. The van der Waals surface area contributed by atoms with Gasteiger partial charge in [0.2, 0.25) is 0 Å². The first-order chi connectivity index (χ1) is 8.50. The van der Waals surface area contributed by atoms with Crippen LogP contribution in [0.5, 0.6) is 0 Å². The molecule has 0 bridgehead atoms. The highest BCUT2D eigenvalue weighted by atomic mass is 79.9. The standard InChI is InChI=1S/C12H14Br2ClNOS/c1-16(9-5-3-2-4-8(9)15)12(17)10-6-7(13)11(14)18-10/h6,8-9H,2-5H2,1H3. The summed E-state index contributed by atoms with van der Waals surface area (Å²) in [6.45, 7) is 0. The summed E-state index contributed by atoms with van der Waals surface area (Å²) < 4.78 is 1.88. The molecule has 1 aliphatic rings. The highest BCUT2D eigenvalue weighted by molar-refractivity contribution is 9.13. The molecule has 18 heavy (non-hydrogen) atoms. The van der Waals surface area contributed by atoms with Gasteiger partial charge in [0.1, 0.15) is 0 Å². The summed E-state index contributed by atoms with van der Waals surface area (Å²) in [5.74, 6) is 0.0592. The van der Waals surface area contributed by atoms with Gasteiger partial charge >= 0.3 is 0 Å². The van der Waals surface area contributed by atoms with Gasteiger partial charge in [-0.15, -0.1) is 22.9 Å². The molecule has 0 spiro atoms.